The number of rotatable bonds is 5. The van der Waals surface area contributed by atoms with Crippen LogP contribution in [0.5, 0.6) is 17.6 Å². The number of terminal acetylenes is 1. The van der Waals surface area contributed by atoms with Crippen LogP contribution in [-0.4, -0.2) is 107 Å². The van der Waals surface area contributed by atoms with Gasteiger partial charge in [0, 0.05) is 43.0 Å². The lowest BCUT2D eigenvalue weighted by molar-refractivity contribution is 0.107. The summed E-state index contributed by atoms with van der Waals surface area (Å²) in [6.07, 6.45) is 6.86. The summed E-state index contributed by atoms with van der Waals surface area (Å²) in [7, 11) is 1.33. The maximum absolute atomic E-state index is 17.1. The molecular formula is C35H33F3N6O5. The van der Waals surface area contributed by atoms with Crippen molar-refractivity contribution < 1.29 is 37.3 Å². The second-order valence-corrected chi connectivity index (χ2v) is 13.1. The van der Waals surface area contributed by atoms with Gasteiger partial charge in [-0.2, -0.15) is 9.97 Å². The normalized spacial score (nSPS) is 23.4. The molecule has 3 fully saturated rings. The van der Waals surface area contributed by atoms with Gasteiger partial charge < -0.3 is 29.1 Å². The predicted molar refractivity (Wildman–Crippen MR) is 174 cm³/mol. The highest BCUT2D eigenvalue weighted by atomic mass is 19.1. The number of anilines is 1. The molecule has 0 radical (unpaired) electrons. The third-order valence-corrected chi connectivity index (χ3v) is 10.3. The van der Waals surface area contributed by atoms with E-state index in [4.69, 9.17) is 25.6 Å². The molecule has 1 amide bonds. The summed E-state index contributed by atoms with van der Waals surface area (Å²) in [4.78, 5) is 31.9. The quantitative estimate of drug-likeness (QED) is 0.296. The Bertz CT molecular complexity index is 2060. The number of halogens is 3. The average molecular weight is 675 g/mol. The Kier molecular flexibility index (Phi) is 7.55. The van der Waals surface area contributed by atoms with Gasteiger partial charge in [0.2, 0.25) is 5.88 Å². The standard InChI is InChI=1S/C35H33F3N6O5/c1-3-23-25(37)6-5-19-13-22(45)14-24(26(19)23)29-28(38)30-27-31(41-33(40-30)49-18-35-8-4-9-43(35)16-20(36)15-35)44(11-12-48-32(27)39-29)21-7-10-42(17-21)34(46)47-2/h1,5-6,13-14,20-21,45H,4,7-12,15-18H2,2H3/t20-,21?,35+/m1/s1. The van der Waals surface area contributed by atoms with Crippen molar-refractivity contribution in [2.45, 2.75) is 43.4 Å². The molecule has 4 aliphatic rings. The van der Waals surface area contributed by atoms with E-state index in [-0.39, 0.29) is 70.0 Å². The van der Waals surface area contributed by atoms with Crippen molar-refractivity contribution in [3.05, 3.63) is 41.5 Å². The molecule has 0 aliphatic carbocycles. The van der Waals surface area contributed by atoms with Gasteiger partial charge in [-0.05, 0) is 49.4 Å². The molecule has 2 aromatic carbocycles. The van der Waals surface area contributed by atoms with Crippen LogP contribution >= 0.6 is 0 Å². The Hall–Kier alpha value is -5.03. The highest BCUT2D eigenvalue weighted by Gasteiger charge is 2.49. The van der Waals surface area contributed by atoms with Gasteiger partial charge >= 0.3 is 12.1 Å². The maximum atomic E-state index is 17.1. The fourth-order valence-corrected chi connectivity index (χ4v) is 8.05. The number of ether oxygens (including phenoxy) is 3. The van der Waals surface area contributed by atoms with Crippen molar-refractivity contribution in [1.29, 1.82) is 0 Å². The summed E-state index contributed by atoms with van der Waals surface area (Å²) in [6.45, 7) is 2.46. The lowest BCUT2D eigenvalue weighted by Crippen LogP contribution is -2.43. The maximum Gasteiger partial charge on any atom is 0.409 e. The summed E-state index contributed by atoms with van der Waals surface area (Å²) < 4.78 is 63.9. The lowest BCUT2D eigenvalue weighted by atomic mass is 9.95. The Morgan fingerprint density at radius 2 is 2.02 bits per heavy atom. The van der Waals surface area contributed by atoms with E-state index in [0.29, 0.717) is 50.2 Å². The van der Waals surface area contributed by atoms with Crippen LogP contribution in [-0.2, 0) is 4.74 Å². The number of aromatic nitrogens is 3. The Morgan fingerprint density at radius 1 is 1.16 bits per heavy atom. The molecule has 3 atom stereocenters. The van der Waals surface area contributed by atoms with Crippen LogP contribution in [0.1, 0.15) is 31.2 Å². The lowest BCUT2D eigenvalue weighted by Gasteiger charge is -2.31. The molecule has 0 bridgehead atoms. The highest BCUT2D eigenvalue weighted by Crippen LogP contribution is 2.44. The number of benzene rings is 2. The van der Waals surface area contributed by atoms with Crippen LogP contribution < -0.4 is 14.4 Å². The monoisotopic (exact) mass is 674 g/mol. The number of pyridine rings is 1. The number of alkyl halides is 1. The largest absolute Gasteiger partial charge is 0.508 e. The molecule has 4 aromatic rings. The van der Waals surface area contributed by atoms with Gasteiger partial charge in [-0.3, -0.25) is 4.90 Å². The van der Waals surface area contributed by atoms with E-state index in [9.17, 15) is 18.7 Å². The van der Waals surface area contributed by atoms with Crippen LogP contribution in [0.15, 0.2) is 24.3 Å². The van der Waals surface area contributed by atoms with E-state index in [0.717, 1.165) is 19.4 Å². The SMILES string of the molecule is C#Cc1c(F)ccc2cc(O)cc(-c3nc4c5c(nc(OC[C@@]67CCCN6C[C@H](F)C7)nc5c3F)N(C3CCN(C(=O)OC)C3)CCO4)c12. The molecular weight excluding hydrogens is 641 g/mol. The van der Waals surface area contributed by atoms with Crippen molar-refractivity contribution in [3.63, 3.8) is 0 Å². The number of aromatic hydroxyl groups is 1. The van der Waals surface area contributed by atoms with E-state index >= 15 is 4.39 Å². The Morgan fingerprint density at radius 3 is 2.84 bits per heavy atom. The number of fused-ring (bicyclic) bond motifs is 2. The summed E-state index contributed by atoms with van der Waals surface area (Å²) in [5, 5.41) is 11.4. The zero-order chi connectivity index (χ0) is 34.0. The minimum Gasteiger partial charge on any atom is -0.508 e. The van der Waals surface area contributed by atoms with E-state index in [1.54, 1.807) is 4.90 Å². The second kappa shape index (κ2) is 11.8. The molecule has 6 heterocycles. The van der Waals surface area contributed by atoms with Crippen molar-refractivity contribution in [3.8, 4) is 41.2 Å². The average Bonchev–Trinajstić information content (AvgIpc) is 3.77. The van der Waals surface area contributed by atoms with E-state index in [1.165, 1.54) is 31.4 Å². The van der Waals surface area contributed by atoms with Crippen LogP contribution in [0.2, 0.25) is 0 Å². The number of phenols is 1. The van der Waals surface area contributed by atoms with Crippen molar-refractivity contribution in [1.82, 2.24) is 24.8 Å². The van der Waals surface area contributed by atoms with Crippen LogP contribution in [0.3, 0.4) is 0 Å². The third kappa shape index (κ3) is 5.10. The first-order valence-electron chi connectivity index (χ1n) is 16.3. The number of amides is 1. The van der Waals surface area contributed by atoms with Gasteiger partial charge in [0.1, 0.15) is 53.4 Å². The van der Waals surface area contributed by atoms with E-state index < -0.39 is 29.4 Å². The molecule has 254 valence electrons. The molecule has 1 N–H and O–H groups in total. The highest BCUT2D eigenvalue weighted by molar-refractivity contribution is 6.04. The Balaban J connectivity index is 1.30. The van der Waals surface area contributed by atoms with Gasteiger partial charge in [-0.15, -0.1) is 6.42 Å². The van der Waals surface area contributed by atoms with Gasteiger partial charge in [0.25, 0.3) is 0 Å². The third-order valence-electron chi connectivity index (χ3n) is 10.3. The first-order chi connectivity index (χ1) is 23.7. The van der Waals surface area contributed by atoms with Gasteiger partial charge in [-0.1, -0.05) is 12.0 Å². The molecule has 3 saturated heterocycles. The molecule has 0 saturated carbocycles. The number of carbonyl (C=O) groups excluding carboxylic acids is 1. The van der Waals surface area contributed by atoms with Gasteiger partial charge in [0.05, 0.1) is 24.8 Å². The number of carbonyl (C=O) groups is 1. The first kappa shape index (κ1) is 31.3. The van der Waals surface area contributed by atoms with Crippen LogP contribution in [0.25, 0.3) is 32.9 Å². The zero-order valence-corrected chi connectivity index (χ0v) is 26.7. The molecule has 8 rings (SSSR count). The molecule has 1 unspecified atom stereocenters. The molecule has 14 heteroatoms. The van der Waals surface area contributed by atoms with Gasteiger partial charge in [0.15, 0.2) is 5.82 Å². The van der Waals surface area contributed by atoms with Gasteiger partial charge in [-0.25, -0.2) is 22.9 Å². The summed E-state index contributed by atoms with van der Waals surface area (Å²) in [5.74, 6) is 0.922. The minimum absolute atomic E-state index is 0.0325. The molecule has 0 spiro atoms. The summed E-state index contributed by atoms with van der Waals surface area (Å²) in [6, 6.07) is 4.98. The summed E-state index contributed by atoms with van der Waals surface area (Å²) >= 11 is 0. The first-order valence-corrected chi connectivity index (χ1v) is 16.3. The number of phenolic OH excluding ortho intramolecular Hbond substituents is 1. The fraction of sp³-hybridized carbons (Fsp3) is 0.429. The molecule has 11 nitrogen and oxygen atoms in total. The van der Waals surface area contributed by atoms with Crippen molar-refractivity contribution in [2.24, 2.45) is 0 Å². The van der Waals surface area contributed by atoms with Crippen LogP contribution in [0.4, 0.5) is 23.8 Å². The minimum atomic E-state index is -0.970. The molecule has 49 heavy (non-hydrogen) atoms. The van der Waals surface area contributed by atoms with E-state index in [1.807, 2.05) is 4.90 Å². The molecule has 4 aliphatic heterocycles. The molecule has 2 aromatic heterocycles. The van der Waals surface area contributed by atoms with Crippen LogP contribution in [0, 0.1) is 24.0 Å². The van der Waals surface area contributed by atoms with Crippen molar-refractivity contribution in [2.75, 3.05) is 57.9 Å². The fourth-order valence-electron chi connectivity index (χ4n) is 8.05. The van der Waals surface area contributed by atoms with E-state index in [2.05, 4.69) is 20.8 Å². The number of hydrogen-bond donors (Lipinski definition) is 1. The zero-order valence-electron chi connectivity index (χ0n) is 26.7. The second-order valence-electron chi connectivity index (χ2n) is 13.1. The predicted octanol–water partition coefficient (Wildman–Crippen LogP) is 4.80. The Labute approximate surface area is 279 Å². The topological polar surface area (TPSA) is 113 Å². The number of likely N-dealkylation sites (tertiary alicyclic amines) is 1. The summed E-state index contributed by atoms with van der Waals surface area (Å²) in [5.41, 5.74) is -0.997. The number of hydrogen-bond acceptors (Lipinski definition) is 10. The number of methoxy groups -OCH3 is 1. The smallest absolute Gasteiger partial charge is 0.409 e. The van der Waals surface area contributed by atoms with Crippen molar-refractivity contribution >= 4 is 33.6 Å². The number of nitrogens with zero attached hydrogens (tertiary/aromatic N) is 6.